The number of ketones is 1. The number of nitrogens with one attached hydrogen (secondary N) is 1. The lowest BCUT2D eigenvalue weighted by atomic mass is 9.98. The number of nitrogens with zero attached hydrogens (tertiary/aromatic N) is 1. The normalized spacial score (nSPS) is 17.2. The molecule has 140 valence electrons. The van der Waals surface area contributed by atoms with Crippen LogP contribution in [0.1, 0.15) is 47.4 Å². The van der Waals surface area contributed by atoms with E-state index in [1.54, 1.807) is 11.0 Å². The highest BCUT2D eigenvalue weighted by Gasteiger charge is 2.25. The Morgan fingerprint density at radius 3 is 2.37 bits per heavy atom. The van der Waals surface area contributed by atoms with E-state index in [9.17, 15) is 14.4 Å². The summed E-state index contributed by atoms with van der Waals surface area (Å²) in [5.41, 5.74) is 3.06. The van der Waals surface area contributed by atoms with Gasteiger partial charge in [-0.15, -0.1) is 0 Å². The zero-order chi connectivity index (χ0) is 19.4. The molecule has 27 heavy (non-hydrogen) atoms. The van der Waals surface area contributed by atoms with Crippen molar-refractivity contribution in [1.29, 1.82) is 0 Å². The summed E-state index contributed by atoms with van der Waals surface area (Å²) in [5, 5.41) is 2.83. The fraction of sp³-hybridized carbons (Fsp3) is 0.318. The van der Waals surface area contributed by atoms with Crippen LogP contribution >= 0.6 is 0 Å². The lowest BCUT2D eigenvalue weighted by Gasteiger charge is -2.26. The monoisotopic (exact) mass is 364 g/mol. The van der Waals surface area contributed by atoms with Gasteiger partial charge in [0.2, 0.25) is 5.91 Å². The summed E-state index contributed by atoms with van der Waals surface area (Å²) in [6, 6.07) is 14.8. The zero-order valence-electron chi connectivity index (χ0n) is 15.7. The second-order valence-electron chi connectivity index (χ2n) is 6.84. The van der Waals surface area contributed by atoms with Crippen molar-refractivity contribution in [2.24, 2.45) is 0 Å². The molecule has 0 saturated carbocycles. The van der Waals surface area contributed by atoms with Crippen molar-refractivity contribution in [3.8, 4) is 11.1 Å². The molecule has 3 rings (SSSR count). The highest BCUT2D eigenvalue weighted by atomic mass is 16.2. The van der Waals surface area contributed by atoms with Gasteiger partial charge in [-0.2, -0.15) is 0 Å². The highest BCUT2D eigenvalue weighted by molar-refractivity contribution is 5.98. The van der Waals surface area contributed by atoms with Crippen LogP contribution in [-0.4, -0.2) is 41.6 Å². The predicted octanol–water partition coefficient (Wildman–Crippen LogP) is 3.30. The van der Waals surface area contributed by atoms with Crippen molar-refractivity contribution in [2.75, 3.05) is 13.1 Å². The van der Waals surface area contributed by atoms with Crippen LogP contribution in [0.4, 0.5) is 0 Å². The summed E-state index contributed by atoms with van der Waals surface area (Å²) in [6.45, 7) is 4.66. The molecule has 1 saturated heterocycles. The third-order valence-corrected chi connectivity index (χ3v) is 4.92. The predicted molar refractivity (Wildman–Crippen MR) is 105 cm³/mol. The molecule has 2 aromatic carbocycles. The van der Waals surface area contributed by atoms with Gasteiger partial charge in [-0.05, 0) is 36.2 Å². The number of carbonyl (C=O) groups excluding carboxylic acids is 3. The molecule has 0 radical (unpaired) electrons. The van der Waals surface area contributed by atoms with Gasteiger partial charge in [-0.3, -0.25) is 14.4 Å². The van der Waals surface area contributed by atoms with Gasteiger partial charge in [-0.25, -0.2) is 0 Å². The van der Waals surface area contributed by atoms with Crippen LogP contribution in [0.15, 0.2) is 48.5 Å². The molecule has 0 aliphatic carbocycles. The molecule has 1 aliphatic rings. The Hall–Kier alpha value is -2.95. The standard InChI is InChI=1S/C22H24N2O3/c1-3-20(25)18-8-4-6-16(12-18)17-7-5-9-19(13-17)22(27)24-11-10-21(26)23-14-15(24)2/h4-9,12-13,15H,3,10-11,14H2,1-2H3,(H,23,26)/t15-/m1/s1. The second-order valence-corrected chi connectivity index (χ2v) is 6.84. The maximum Gasteiger partial charge on any atom is 0.254 e. The fourth-order valence-corrected chi connectivity index (χ4v) is 3.28. The zero-order valence-corrected chi connectivity index (χ0v) is 15.7. The largest absolute Gasteiger partial charge is 0.354 e. The molecule has 5 heteroatoms. The van der Waals surface area contributed by atoms with E-state index >= 15 is 0 Å². The van der Waals surface area contributed by atoms with Gasteiger partial charge < -0.3 is 10.2 Å². The average Bonchev–Trinajstić information content (AvgIpc) is 2.88. The maximum atomic E-state index is 13.0. The third kappa shape index (κ3) is 4.25. The Bertz CT molecular complexity index is 875. The molecule has 1 aliphatic heterocycles. The summed E-state index contributed by atoms with van der Waals surface area (Å²) in [6.07, 6.45) is 0.776. The Balaban J connectivity index is 1.88. The minimum absolute atomic E-state index is 0.0247. The third-order valence-electron chi connectivity index (χ3n) is 4.92. The van der Waals surface area contributed by atoms with Gasteiger partial charge in [0.25, 0.3) is 5.91 Å². The highest BCUT2D eigenvalue weighted by Crippen LogP contribution is 2.23. The van der Waals surface area contributed by atoms with Gasteiger partial charge in [0.15, 0.2) is 5.78 Å². The smallest absolute Gasteiger partial charge is 0.254 e. The summed E-state index contributed by atoms with van der Waals surface area (Å²) in [5.74, 6) is -0.00964. The number of amides is 2. The average molecular weight is 364 g/mol. The number of carbonyl (C=O) groups is 3. The van der Waals surface area contributed by atoms with E-state index in [0.29, 0.717) is 37.1 Å². The maximum absolute atomic E-state index is 13.0. The van der Waals surface area contributed by atoms with Crippen molar-refractivity contribution < 1.29 is 14.4 Å². The molecule has 2 amide bonds. The Morgan fingerprint density at radius 1 is 1.07 bits per heavy atom. The van der Waals surface area contributed by atoms with E-state index < -0.39 is 0 Å². The van der Waals surface area contributed by atoms with E-state index in [0.717, 1.165) is 11.1 Å². The summed E-state index contributed by atoms with van der Waals surface area (Å²) < 4.78 is 0. The molecular formula is C22H24N2O3. The molecule has 0 unspecified atom stereocenters. The van der Waals surface area contributed by atoms with E-state index in [4.69, 9.17) is 0 Å². The first-order valence-electron chi connectivity index (χ1n) is 9.31. The van der Waals surface area contributed by atoms with E-state index in [1.807, 2.05) is 56.3 Å². The first kappa shape index (κ1) is 18.8. The number of hydrogen-bond donors (Lipinski definition) is 1. The van der Waals surface area contributed by atoms with Crippen LogP contribution in [-0.2, 0) is 4.79 Å². The molecule has 1 N–H and O–H groups in total. The SMILES string of the molecule is CCC(=O)c1cccc(-c2cccc(C(=O)N3CCC(=O)NC[C@H]3C)c2)c1. The van der Waals surface area contributed by atoms with Crippen LogP contribution < -0.4 is 5.32 Å². The van der Waals surface area contributed by atoms with E-state index in [2.05, 4.69) is 5.32 Å². The lowest BCUT2D eigenvalue weighted by Crippen LogP contribution is -2.41. The number of benzene rings is 2. The molecule has 0 spiro atoms. The molecular weight excluding hydrogens is 340 g/mol. The van der Waals surface area contributed by atoms with E-state index in [-0.39, 0.29) is 23.6 Å². The molecule has 0 bridgehead atoms. The topological polar surface area (TPSA) is 66.5 Å². The fourth-order valence-electron chi connectivity index (χ4n) is 3.28. The van der Waals surface area contributed by atoms with Crippen LogP contribution in [0.3, 0.4) is 0 Å². The Morgan fingerprint density at radius 2 is 1.70 bits per heavy atom. The summed E-state index contributed by atoms with van der Waals surface area (Å²) >= 11 is 0. The summed E-state index contributed by atoms with van der Waals surface area (Å²) in [4.78, 5) is 38.3. The quantitative estimate of drug-likeness (QED) is 0.847. The number of Topliss-reactive ketones (excluding diaryl/α,β-unsaturated/α-hetero) is 1. The van der Waals surface area contributed by atoms with Crippen molar-refractivity contribution >= 4 is 17.6 Å². The molecule has 1 fully saturated rings. The Labute approximate surface area is 159 Å². The van der Waals surface area contributed by atoms with Gasteiger partial charge in [0.1, 0.15) is 0 Å². The minimum Gasteiger partial charge on any atom is -0.354 e. The molecule has 5 nitrogen and oxygen atoms in total. The van der Waals surface area contributed by atoms with Crippen LogP contribution in [0.5, 0.6) is 0 Å². The van der Waals surface area contributed by atoms with Crippen molar-refractivity contribution in [3.63, 3.8) is 0 Å². The second kappa shape index (κ2) is 8.16. The first-order valence-corrected chi connectivity index (χ1v) is 9.31. The number of hydrogen-bond acceptors (Lipinski definition) is 3. The van der Waals surface area contributed by atoms with Crippen LogP contribution in [0.25, 0.3) is 11.1 Å². The molecule has 1 atom stereocenters. The van der Waals surface area contributed by atoms with Crippen molar-refractivity contribution in [2.45, 2.75) is 32.7 Å². The van der Waals surface area contributed by atoms with E-state index in [1.165, 1.54) is 0 Å². The molecule has 0 aromatic heterocycles. The van der Waals surface area contributed by atoms with Gasteiger partial charge in [-0.1, -0.05) is 37.3 Å². The van der Waals surface area contributed by atoms with Gasteiger partial charge >= 0.3 is 0 Å². The lowest BCUT2D eigenvalue weighted by molar-refractivity contribution is -0.120. The van der Waals surface area contributed by atoms with Crippen molar-refractivity contribution in [1.82, 2.24) is 10.2 Å². The van der Waals surface area contributed by atoms with Crippen LogP contribution in [0.2, 0.25) is 0 Å². The van der Waals surface area contributed by atoms with Gasteiger partial charge in [0.05, 0.1) is 0 Å². The van der Waals surface area contributed by atoms with Crippen molar-refractivity contribution in [3.05, 3.63) is 59.7 Å². The molecule has 2 aromatic rings. The number of rotatable bonds is 4. The first-order chi connectivity index (χ1) is 13.0. The Kier molecular flexibility index (Phi) is 5.69. The van der Waals surface area contributed by atoms with Gasteiger partial charge in [0, 0.05) is 43.1 Å². The molecule has 1 heterocycles. The van der Waals surface area contributed by atoms with Crippen LogP contribution in [0, 0.1) is 0 Å². The minimum atomic E-state index is -0.0818. The summed E-state index contributed by atoms with van der Waals surface area (Å²) in [7, 11) is 0.